The smallest absolute Gasteiger partial charge is 0.221 e. The highest BCUT2D eigenvalue weighted by molar-refractivity contribution is 5.88. The molecule has 0 unspecified atom stereocenters. The second-order valence-corrected chi connectivity index (χ2v) is 4.63. The summed E-state index contributed by atoms with van der Waals surface area (Å²) >= 11 is 0. The third-order valence-electron chi connectivity index (χ3n) is 2.90. The number of hydrogen-bond acceptors (Lipinski definition) is 3. The van der Waals surface area contributed by atoms with Crippen molar-refractivity contribution in [3.63, 3.8) is 0 Å². The molecule has 0 radical (unpaired) electrons. The van der Waals surface area contributed by atoms with E-state index in [1.807, 2.05) is 35.0 Å². The van der Waals surface area contributed by atoms with Crippen molar-refractivity contribution in [2.75, 3.05) is 17.2 Å². The van der Waals surface area contributed by atoms with Gasteiger partial charge in [0, 0.05) is 31.5 Å². The molecule has 5 nitrogen and oxygen atoms in total. The highest BCUT2D eigenvalue weighted by Crippen LogP contribution is 2.18. The number of unbranched alkanes of at least 4 members (excludes halogenated alkanes) is 1. The highest BCUT2D eigenvalue weighted by Gasteiger charge is 2.05. The molecule has 0 aliphatic rings. The molecule has 2 aromatic rings. The third kappa shape index (κ3) is 3.60. The highest BCUT2D eigenvalue weighted by atomic mass is 16.1. The zero-order valence-corrected chi connectivity index (χ0v) is 11.9. The predicted molar refractivity (Wildman–Crippen MR) is 81.3 cm³/mol. The van der Waals surface area contributed by atoms with E-state index in [1.54, 1.807) is 6.20 Å². The summed E-state index contributed by atoms with van der Waals surface area (Å²) in [6.45, 7) is 4.56. The molecule has 0 atom stereocenters. The minimum atomic E-state index is -0.0749. The fourth-order valence-corrected chi connectivity index (χ4v) is 1.96. The van der Waals surface area contributed by atoms with Gasteiger partial charge in [0.25, 0.3) is 0 Å². The van der Waals surface area contributed by atoms with Crippen molar-refractivity contribution in [1.82, 2.24) is 9.55 Å². The van der Waals surface area contributed by atoms with Gasteiger partial charge in [0.2, 0.25) is 11.9 Å². The summed E-state index contributed by atoms with van der Waals surface area (Å²) in [4.78, 5) is 15.4. The van der Waals surface area contributed by atoms with E-state index in [0.29, 0.717) is 0 Å². The van der Waals surface area contributed by atoms with Gasteiger partial charge in [-0.15, -0.1) is 0 Å². The van der Waals surface area contributed by atoms with E-state index in [0.717, 1.165) is 36.7 Å². The molecule has 106 valence electrons. The summed E-state index contributed by atoms with van der Waals surface area (Å²) in [6.07, 6.45) is 5.92. The summed E-state index contributed by atoms with van der Waals surface area (Å²) in [7, 11) is 0. The maximum atomic E-state index is 11.1. The molecule has 5 heteroatoms. The van der Waals surface area contributed by atoms with Crippen LogP contribution in [0.3, 0.4) is 0 Å². The van der Waals surface area contributed by atoms with Crippen LogP contribution >= 0.6 is 0 Å². The number of amides is 1. The number of carbonyl (C=O) groups is 1. The lowest BCUT2D eigenvalue weighted by Crippen LogP contribution is -2.08. The fourth-order valence-electron chi connectivity index (χ4n) is 1.96. The van der Waals surface area contributed by atoms with Gasteiger partial charge in [-0.05, 0) is 24.6 Å². The Hall–Kier alpha value is -2.30. The SMILES string of the molecule is CCCCNc1nccn1-c1cccc(NC(C)=O)c1. The number of imidazole rings is 1. The standard InChI is InChI=1S/C15H20N4O/c1-3-4-8-16-15-17-9-10-19(15)14-7-5-6-13(11-14)18-12(2)20/h5-7,9-11H,3-4,8H2,1-2H3,(H,16,17)(H,18,20). The van der Waals surface area contributed by atoms with Gasteiger partial charge in [0.05, 0.1) is 5.69 Å². The Kier molecular flexibility index (Phi) is 4.76. The topological polar surface area (TPSA) is 59.0 Å². The fraction of sp³-hybridized carbons (Fsp3) is 0.333. The van der Waals surface area contributed by atoms with Crippen LogP contribution in [0.1, 0.15) is 26.7 Å². The molecule has 2 rings (SSSR count). The van der Waals surface area contributed by atoms with Crippen molar-refractivity contribution in [2.45, 2.75) is 26.7 Å². The van der Waals surface area contributed by atoms with Gasteiger partial charge in [-0.3, -0.25) is 9.36 Å². The molecule has 0 spiro atoms. The molecular formula is C15H20N4O. The van der Waals surface area contributed by atoms with Gasteiger partial charge < -0.3 is 10.6 Å². The first-order valence-electron chi connectivity index (χ1n) is 6.86. The van der Waals surface area contributed by atoms with E-state index in [4.69, 9.17) is 0 Å². The summed E-state index contributed by atoms with van der Waals surface area (Å²) < 4.78 is 1.97. The molecule has 0 saturated heterocycles. The summed E-state index contributed by atoms with van der Waals surface area (Å²) in [5.41, 5.74) is 1.75. The van der Waals surface area contributed by atoms with E-state index >= 15 is 0 Å². The number of hydrogen-bond donors (Lipinski definition) is 2. The van der Waals surface area contributed by atoms with Gasteiger partial charge in [0.1, 0.15) is 0 Å². The molecule has 2 N–H and O–H groups in total. The molecule has 1 heterocycles. The van der Waals surface area contributed by atoms with Gasteiger partial charge in [-0.25, -0.2) is 4.98 Å². The van der Waals surface area contributed by atoms with Gasteiger partial charge in [-0.1, -0.05) is 19.4 Å². The van der Waals surface area contributed by atoms with Crippen molar-refractivity contribution in [1.29, 1.82) is 0 Å². The van der Waals surface area contributed by atoms with Crippen LogP contribution in [0.2, 0.25) is 0 Å². The lowest BCUT2D eigenvalue weighted by Gasteiger charge is -2.11. The molecule has 0 aliphatic carbocycles. The van der Waals surface area contributed by atoms with Gasteiger partial charge in [0.15, 0.2) is 0 Å². The van der Waals surface area contributed by atoms with E-state index < -0.39 is 0 Å². The molecular weight excluding hydrogens is 252 g/mol. The second-order valence-electron chi connectivity index (χ2n) is 4.63. The quantitative estimate of drug-likeness (QED) is 0.795. The number of carbonyl (C=O) groups excluding carboxylic acids is 1. The first-order valence-corrected chi connectivity index (χ1v) is 6.86. The van der Waals surface area contributed by atoms with Crippen LogP contribution in [0, 0.1) is 0 Å². The Morgan fingerprint density at radius 3 is 3.00 bits per heavy atom. The normalized spacial score (nSPS) is 10.3. The minimum Gasteiger partial charge on any atom is -0.355 e. The van der Waals surface area contributed by atoms with Crippen LogP contribution in [-0.4, -0.2) is 22.0 Å². The van der Waals surface area contributed by atoms with E-state index in [2.05, 4.69) is 22.5 Å². The van der Waals surface area contributed by atoms with Crippen molar-refractivity contribution < 1.29 is 4.79 Å². The zero-order valence-electron chi connectivity index (χ0n) is 11.9. The zero-order chi connectivity index (χ0) is 14.4. The van der Waals surface area contributed by atoms with Crippen molar-refractivity contribution in [3.05, 3.63) is 36.7 Å². The number of benzene rings is 1. The Labute approximate surface area is 119 Å². The van der Waals surface area contributed by atoms with Crippen LogP contribution in [0.4, 0.5) is 11.6 Å². The van der Waals surface area contributed by atoms with Gasteiger partial charge in [-0.2, -0.15) is 0 Å². The average Bonchev–Trinajstić information content (AvgIpc) is 2.87. The molecule has 1 aromatic heterocycles. The van der Waals surface area contributed by atoms with Crippen LogP contribution in [0.15, 0.2) is 36.7 Å². The third-order valence-corrected chi connectivity index (χ3v) is 2.90. The summed E-state index contributed by atoms with van der Waals surface area (Å²) in [5.74, 6) is 0.743. The van der Waals surface area contributed by atoms with Crippen molar-refractivity contribution >= 4 is 17.5 Å². The monoisotopic (exact) mass is 272 g/mol. The summed E-state index contributed by atoms with van der Waals surface area (Å²) in [5, 5.41) is 6.10. The van der Waals surface area contributed by atoms with Crippen LogP contribution < -0.4 is 10.6 Å². The lowest BCUT2D eigenvalue weighted by atomic mass is 10.2. The molecule has 0 aliphatic heterocycles. The van der Waals surface area contributed by atoms with Crippen molar-refractivity contribution in [3.8, 4) is 5.69 Å². The van der Waals surface area contributed by atoms with E-state index in [1.165, 1.54) is 6.92 Å². The Morgan fingerprint density at radius 1 is 1.40 bits per heavy atom. The molecule has 1 aromatic carbocycles. The number of anilines is 2. The summed E-state index contributed by atoms with van der Waals surface area (Å²) in [6, 6.07) is 7.69. The maximum absolute atomic E-state index is 11.1. The molecule has 0 saturated carbocycles. The number of rotatable bonds is 6. The van der Waals surface area contributed by atoms with Crippen LogP contribution in [0.5, 0.6) is 0 Å². The average molecular weight is 272 g/mol. The Bertz CT molecular complexity index is 577. The number of nitrogens with zero attached hydrogens (tertiary/aromatic N) is 2. The molecule has 0 bridgehead atoms. The molecule has 20 heavy (non-hydrogen) atoms. The maximum Gasteiger partial charge on any atom is 0.221 e. The number of nitrogens with one attached hydrogen (secondary N) is 2. The predicted octanol–water partition coefficient (Wildman–Crippen LogP) is 3.04. The van der Waals surface area contributed by atoms with E-state index in [9.17, 15) is 4.79 Å². The molecule has 0 fully saturated rings. The van der Waals surface area contributed by atoms with Crippen LogP contribution in [0.25, 0.3) is 5.69 Å². The first kappa shape index (κ1) is 14.1. The lowest BCUT2D eigenvalue weighted by molar-refractivity contribution is -0.114. The second kappa shape index (κ2) is 6.75. The van der Waals surface area contributed by atoms with Crippen molar-refractivity contribution in [2.24, 2.45) is 0 Å². The minimum absolute atomic E-state index is 0.0749. The van der Waals surface area contributed by atoms with Gasteiger partial charge >= 0.3 is 0 Å². The largest absolute Gasteiger partial charge is 0.355 e. The Balaban J connectivity index is 2.18. The molecule has 1 amide bonds. The Morgan fingerprint density at radius 2 is 2.25 bits per heavy atom. The van der Waals surface area contributed by atoms with Crippen LogP contribution in [-0.2, 0) is 4.79 Å². The first-order chi connectivity index (χ1) is 9.70. The number of aromatic nitrogens is 2. The van der Waals surface area contributed by atoms with E-state index in [-0.39, 0.29) is 5.91 Å².